The third-order valence-electron chi connectivity index (χ3n) is 6.02. The largest absolute Gasteiger partial charge is 0.172 e. The Morgan fingerprint density at radius 2 is 0.919 bits per heavy atom. The summed E-state index contributed by atoms with van der Waals surface area (Å²) in [6.45, 7) is 0. The van der Waals surface area contributed by atoms with E-state index in [1.54, 1.807) is 22.7 Å². The van der Waals surface area contributed by atoms with Crippen LogP contribution in [0.2, 0.25) is 20.1 Å². The highest BCUT2D eigenvalue weighted by molar-refractivity contribution is 7.19. The van der Waals surface area contributed by atoms with Crippen LogP contribution in [0.25, 0.3) is 52.8 Å². The molecule has 0 bridgehead atoms. The topological polar surface area (TPSA) is 50.5 Å². The molecule has 0 fully saturated rings. The normalized spacial score (nSPS) is 12.2. The molecule has 0 amide bonds. The van der Waals surface area contributed by atoms with E-state index in [1.807, 2.05) is 36.4 Å². The van der Waals surface area contributed by atoms with Gasteiger partial charge in [-0.2, -0.15) is 8.75 Å². The summed E-state index contributed by atoms with van der Waals surface area (Å²) in [6.07, 6.45) is 0. The number of thiophene rings is 2. The first-order chi connectivity index (χ1) is 18.0. The van der Waals surface area contributed by atoms with E-state index in [0.717, 1.165) is 64.2 Å². The van der Waals surface area contributed by atoms with Crippen LogP contribution >= 0.6 is 80.8 Å². The molecule has 6 aromatic rings. The summed E-state index contributed by atoms with van der Waals surface area (Å²) in [5, 5.41) is 11.0. The summed E-state index contributed by atoms with van der Waals surface area (Å²) in [6, 6.07) is 19.6. The molecule has 37 heavy (non-hydrogen) atoms. The Labute approximate surface area is 243 Å². The van der Waals surface area contributed by atoms with E-state index in [2.05, 4.69) is 43.2 Å². The average molecular weight is 616 g/mol. The van der Waals surface area contributed by atoms with Crippen LogP contribution in [-0.4, -0.2) is 8.75 Å². The van der Waals surface area contributed by atoms with E-state index < -0.39 is 0 Å². The van der Waals surface area contributed by atoms with Gasteiger partial charge >= 0.3 is 0 Å². The second kappa shape index (κ2) is 9.13. The van der Waals surface area contributed by atoms with E-state index in [0.29, 0.717) is 20.1 Å². The van der Waals surface area contributed by atoms with Crippen LogP contribution < -0.4 is 0 Å². The first-order valence-electron chi connectivity index (χ1n) is 10.8. The van der Waals surface area contributed by atoms with Crippen LogP contribution in [0, 0.1) is 0 Å². The molecule has 0 atom stereocenters. The molecule has 7 rings (SSSR count). The fourth-order valence-corrected chi connectivity index (χ4v) is 7.50. The van der Waals surface area contributed by atoms with Gasteiger partial charge in [0.2, 0.25) is 0 Å². The number of rotatable bonds is 4. The number of azo groups is 1. The second-order valence-electron chi connectivity index (χ2n) is 8.19. The second-order valence-corrected chi connectivity index (χ2v) is 12.5. The molecule has 0 unspecified atom stereocenters. The lowest BCUT2D eigenvalue weighted by Gasteiger charge is -2.16. The Morgan fingerprint density at radius 3 is 1.32 bits per heavy atom. The molecule has 0 N–H and O–H groups in total. The highest BCUT2D eigenvalue weighted by Gasteiger charge is 2.30. The zero-order valence-corrected chi connectivity index (χ0v) is 23.8. The number of fused-ring (bicyclic) bond motifs is 2. The van der Waals surface area contributed by atoms with E-state index in [9.17, 15) is 0 Å². The zero-order valence-electron chi connectivity index (χ0n) is 18.3. The number of aromatic nitrogens is 2. The van der Waals surface area contributed by atoms with Crippen LogP contribution in [0.5, 0.6) is 0 Å². The van der Waals surface area contributed by atoms with Gasteiger partial charge in [-0.1, -0.05) is 58.5 Å². The Morgan fingerprint density at radius 1 is 0.486 bits per heavy atom. The summed E-state index contributed by atoms with van der Waals surface area (Å²) in [5.41, 5.74) is 7.23. The maximum atomic E-state index is 6.25. The fourth-order valence-electron chi connectivity index (χ4n) is 4.25. The van der Waals surface area contributed by atoms with Gasteiger partial charge in [0.1, 0.15) is 22.4 Å². The van der Waals surface area contributed by atoms with Crippen molar-refractivity contribution in [1.29, 1.82) is 0 Å². The predicted octanol–water partition coefficient (Wildman–Crippen LogP) is 11.8. The molecule has 0 radical (unpaired) electrons. The first kappa shape index (κ1) is 23.7. The zero-order chi connectivity index (χ0) is 25.3. The predicted molar refractivity (Wildman–Crippen MR) is 159 cm³/mol. The van der Waals surface area contributed by atoms with Gasteiger partial charge in [0.05, 0.1) is 42.9 Å². The minimum absolute atomic E-state index is 0.527. The minimum atomic E-state index is 0.527. The lowest BCUT2D eigenvalue weighted by atomic mass is 9.99. The summed E-state index contributed by atoms with van der Waals surface area (Å²) in [4.78, 5) is 4.23. The summed E-state index contributed by atoms with van der Waals surface area (Å²) in [7, 11) is 0. The quantitative estimate of drug-likeness (QED) is 0.198. The van der Waals surface area contributed by atoms with E-state index in [1.165, 1.54) is 11.7 Å². The van der Waals surface area contributed by atoms with Gasteiger partial charge in [-0.3, -0.25) is 0 Å². The first-order valence-corrected chi connectivity index (χ1v) is 14.7. The Hall–Kier alpha value is -2.36. The van der Waals surface area contributed by atoms with Crippen molar-refractivity contribution in [1.82, 2.24) is 8.75 Å². The molecule has 11 heteroatoms. The van der Waals surface area contributed by atoms with Crippen molar-refractivity contribution >= 4 is 103 Å². The standard InChI is InChI=1S/C26H10Cl4N4S3/c27-13-3-1-11(9-15(13)29)17-5-7-19(35-17)21-23-24(32-31-23)22(26-25(21)33-37-34-26)20-8-6-18(36-20)12-2-4-14(28)16(30)10-12/h1-10H. The molecule has 0 aliphatic carbocycles. The summed E-state index contributed by atoms with van der Waals surface area (Å²) < 4.78 is 9.36. The van der Waals surface area contributed by atoms with Gasteiger partial charge in [0.25, 0.3) is 0 Å². The van der Waals surface area contributed by atoms with Gasteiger partial charge < -0.3 is 0 Å². The summed E-state index contributed by atoms with van der Waals surface area (Å²) in [5.74, 6) is 0. The fraction of sp³-hybridized carbons (Fsp3) is 0. The van der Waals surface area contributed by atoms with E-state index in [-0.39, 0.29) is 0 Å². The van der Waals surface area contributed by atoms with Gasteiger partial charge in [0, 0.05) is 19.5 Å². The van der Waals surface area contributed by atoms with Crippen molar-refractivity contribution in [2.24, 2.45) is 10.2 Å². The molecule has 180 valence electrons. The van der Waals surface area contributed by atoms with Crippen molar-refractivity contribution in [2.75, 3.05) is 0 Å². The molecule has 4 nitrogen and oxygen atoms in total. The Bertz CT molecular complexity index is 1770. The van der Waals surface area contributed by atoms with Gasteiger partial charge in [-0.15, -0.1) is 32.9 Å². The lowest BCUT2D eigenvalue weighted by molar-refractivity contribution is 1.15. The highest BCUT2D eigenvalue weighted by atomic mass is 35.5. The maximum absolute atomic E-state index is 6.25. The van der Waals surface area contributed by atoms with Crippen molar-refractivity contribution in [3.8, 4) is 41.8 Å². The molecule has 0 spiro atoms. The number of hydrogen-bond donors (Lipinski definition) is 0. The minimum Gasteiger partial charge on any atom is -0.172 e. The van der Waals surface area contributed by atoms with Crippen LogP contribution in [0.1, 0.15) is 0 Å². The van der Waals surface area contributed by atoms with Crippen molar-refractivity contribution < 1.29 is 0 Å². The molecule has 4 heterocycles. The van der Waals surface area contributed by atoms with E-state index in [4.69, 9.17) is 46.4 Å². The van der Waals surface area contributed by atoms with Gasteiger partial charge in [-0.25, -0.2) is 0 Å². The SMILES string of the molecule is Clc1ccc(-c2ccc(-c3c4c(c(-c5ccc(-c6ccc(Cl)c(Cl)c6)s5)c5nsnc35)N=N4)s2)cc1Cl. The van der Waals surface area contributed by atoms with Crippen LogP contribution in [-0.2, 0) is 0 Å². The number of nitrogens with zero attached hydrogens (tertiary/aromatic N) is 4. The van der Waals surface area contributed by atoms with Crippen molar-refractivity contribution in [2.45, 2.75) is 0 Å². The molecule has 3 aromatic heterocycles. The van der Waals surface area contributed by atoms with Crippen LogP contribution in [0.15, 0.2) is 70.9 Å². The smallest absolute Gasteiger partial charge is 0.125 e. The summed E-state index contributed by atoms with van der Waals surface area (Å²) >= 11 is 29.2. The molecular weight excluding hydrogens is 606 g/mol. The Balaban J connectivity index is 1.34. The number of halogens is 4. The Kier molecular flexibility index (Phi) is 5.86. The van der Waals surface area contributed by atoms with Crippen LogP contribution in [0.3, 0.4) is 0 Å². The molecule has 3 aromatic carbocycles. The molecule has 1 aliphatic heterocycles. The van der Waals surface area contributed by atoms with E-state index >= 15 is 0 Å². The van der Waals surface area contributed by atoms with Gasteiger partial charge in [-0.05, 0) is 59.7 Å². The van der Waals surface area contributed by atoms with Crippen LogP contribution in [0.4, 0.5) is 11.4 Å². The monoisotopic (exact) mass is 614 g/mol. The lowest BCUT2D eigenvalue weighted by Crippen LogP contribution is -1.90. The highest BCUT2D eigenvalue weighted by Crippen LogP contribution is 2.57. The number of hydrogen-bond acceptors (Lipinski definition) is 7. The van der Waals surface area contributed by atoms with Crippen molar-refractivity contribution in [3.63, 3.8) is 0 Å². The third-order valence-corrected chi connectivity index (χ3v) is 10.3. The van der Waals surface area contributed by atoms with Crippen molar-refractivity contribution in [3.05, 3.63) is 80.8 Å². The molecule has 1 aliphatic rings. The maximum Gasteiger partial charge on any atom is 0.125 e. The number of benzene rings is 3. The molecule has 0 saturated heterocycles. The molecule has 0 saturated carbocycles. The van der Waals surface area contributed by atoms with Gasteiger partial charge in [0.15, 0.2) is 0 Å². The average Bonchev–Trinajstić information content (AvgIpc) is 3.64. The third kappa shape index (κ3) is 3.92. The molecular formula is C26H10Cl4N4S3.